The Hall–Kier alpha value is -3.74. The van der Waals surface area contributed by atoms with Crippen LogP contribution in [0.15, 0.2) is 58.6 Å². The first-order valence-corrected chi connectivity index (χ1v) is 10.0. The molecule has 0 saturated heterocycles. The van der Waals surface area contributed by atoms with Crippen LogP contribution in [0, 0.1) is 0 Å². The minimum atomic E-state index is -0.449. The molecule has 1 heterocycles. The number of methoxy groups -OCH3 is 1. The van der Waals surface area contributed by atoms with Crippen molar-refractivity contribution in [3.63, 3.8) is 0 Å². The fourth-order valence-electron chi connectivity index (χ4n) is 3.17. The number of nitrogens with one attached hydrogen (secondary N) is 1. The van der Waals surface area contributed by atoms with Gasteiger partial charge in [0.15, 0.2) is 17.3 Å². The van der Waals surface area contributed by atoms with E-state index in [0.717, 1.165) is 22.3 Å². The number of carbonyl (C=O) groups is 1. The smallest absolute Gasteiger partial charge is 0.307 e. The molecule has 0 aliphatic heterocycles. The second-order valence-corrected chi connectivity index (χ2v) is 6.58. The Bertz CT molecular complexity index is 1100. The van der Waals surface area contributed by atoms with Crippen molar-refractivity contribution in [2.75, 3.05) is 20.3 Å². The molecule has 1 N–H and O–H groups in total. The molecule has 1 aromatic heterocycles. The molecule has 2 aromatic carbocycles. The van der Waals surface area contributed by atoms with Crippen molar-refractivity contribution in [2.24, 2.45) is 5.10 Å². The Labute approximate surface area is 181 Å². The minimum Gasteiger partial charge on any atom is -0.494 e. The molecule has 0 atom stereocenters. The number of fused-ring (bicyclic) bond motifs is 1. The number of amides is 1. The average molecular weight is 422 g/mol. The Kier molecular flexibility index (Phi) is 7.32. The lowest BCUT2D eigenvalue weighted by Crippen LogP contribution is -2.16. The predicted molar refractivity (Wildman–Crippen MR) is 121 cm³/mol. The quantitative estimate of drug-likeness (QED) is 0.290. The largest absolute Gasteiger partial charge is 0.494 e. The van der Waals surface area contributed by atoms with E-state index in [1.807, 2.05) is 26.0 Å². The molecule has 1 amide bonds. The van der Waals surface area contributed by atoms with Crippen molar-refractivity contribution >= 4 is 23.1 Å². The van der Waals surface area contributed by atoms with Crippen molar-refractivity contribution in [3.8, 4) is 17.2 Å². The van der Waals surface area contributed by atoms with Crippen molar-refractivity contribution in [2.45, 2.75) is 20.3 Å². The Balaban J connectivity index is 1.77. The third kappa shape index (κ3) is 5.25. The fourth-order valence-corrected chi connectivity index (χ4v) is 3.17. The summed E-state index contributed by atoms with van der Waals surface area (Å²) in [5.41, 5.74) is 4.77. The highest BCUT2D eigenvalue weighted by molar-refractivity contribution is 5.96. The normalized spacial score (nSPS) is 10.9. The van der Waals surface area contributed by atoms with E-state index in [9.17, 15) is 4.79 Å². The van der Waals surface area contributed by atoms with Crippen molar-refractivity contribution in [1.29, 1.82) is 0 Å². The number of nitrogens with zero attached hydrogens (tertiary/aromatic N) is 1. The lowest BCUT2D eigenvalue weighted by molar-refractivity contribution is 0.0929. The highest BCUT2D eigenvalue weighted by atomic mass is 16.5. The van der Waals surface area contributed by atoms with Gasteiger partial charge in [-0.15, -0.1) is 6.58 Å². The van der Waals surface area contributed by atoms with Crippen LogP contribution in [-0.2, 0) is 6.42 Å². The zero-order valence-corrected chi connectivity index (χ0v) is 17.9. The number of ether oxygens (including phenoxy) is 3. The molecule has 0 spiro atoms. The lowest BCUT2D eigenvalue weighted by Gasteiger charge is -2.14. The van der Waals surface area contributed by atoms with Crippen LogP contribution in [-0.4, -0.2) is 32.4 Å². The van der Waals surface area contributed by atoms with Crippen molar-refractivity contribution in [3.05, 3.63) is 65.9 Å². The zero-order valence-electron chi connectivity index (χ0n) is 17.9. The minimum absolute atomic E-state index is 0.165. The van der Waals surface area contributed by atoms with Gasteiger partial charge in [0.25, 0.3) is 0 Å². The third-order valence-corrected chi connectivity index (χ3v) is 4.42. The standard InChI is InChI=1S/C24H26N2O5/c1-5-8-17-11-16(12-21(30-7-3)23(17)28-4)15-25-26-24(27)22-14-18-13-19(29-6-2)9-10-20(18)31-22/h5,9-15H,1,6-8H2,2-4H3,(H,26,27)/b25-15+. The maximum absolute atomic E-state index is 12.4. The zero-order chi connectivity index (χ0) is 22.2. The Morgan fingerprint density at radius 3 is 2.68 bits per heavy atom. The second kappa shape index (κ2) is 10.3. The van der Waals surface area contributed by atoms with Gasteiger partial charge in [0.2, 0.25) is 0 Å². The molecule has 3 aromatic rings. The summed E-state index contributed by atoms with van der Waals surface area (Å²) in [7, 11) is 1.60. The molecule has 3 rings (SSSR count). The van der Waals surface area contributed by atoms with Crippen LogP contribution < -0.4 is 19.6 Å². The van der Waals surface area contributed by atoms with Crippen LogP contribution in [0.2, 0.25) is 0 Å². The summed E-state index contributed by atoms with van der Waals surface area (Å²) in [4.78, 5) is 12.4. The first kappa shape index (κ1) is 22.0. The van der Waals surface area contributed by atoms with E-state index in [2.05, 4.69) is 17.1 Å². The van der Waals surface area contributed by atoms with E-state index in [1.165, 1.54) is 0 Å². The van der Waals surface area contributed by atoms with Gasteiger partial charge in [-0.25, -0.2) is 5.43 Å². The van der Waals surface area contributed by atoms with Crippen LogP contribution in [0.5, 0.6) is 17.2 Å². The first-order chi connectivity index (χ1) is 15.1. The van der Waals surface area contributed by atoms with Gasteiger partial charge in [0, 0.05) is 10.9 Å². The van der Waals surface area contributed by atoms with Gasteiger partial charge in [-0.2, -0.15) is 5.10 Å². The number of hydrogen-bond donors (Lipinski definition) is 1. The molecule has 0 radical (unpaired) electrons. The molecule has 0 fully saturated rings. The van der Waals surface area contributed by atoms with Crippen LogP contribution in [0.3, 0.4) is 0 Å². The van der Waals surface area contributed by atoms with Gasteiger partial charge in [0.05, 0.1) is 26.5 Å². The van der Waals surface area contributed by atoms with Crippen LogP contribution in [0.25, 0.3) is 11.0 Å². The summed E-state index contributed by atoms with van der Waals surface area (Å²) >= 11 is 0. The van der Waals surface area contributed by atoms with E-state index >= 15 is 0 Å². The topological polar surface area (TPSA) is 82.3 Å². The van der Waals surface area contributed by atoms with Crippen LogP contribution in [0.1, 0.15) is 35.5 Å². The number of hydrazone groups is 1. The van der Waals surface area contributed by atoms with Crippen LogP contribution >= 0.6 is 0 Å². The van der Waals surface area contributed by atoms with Gasteiger partial charge >= 0.3 is 5.91 Å². The van der Waals surface area contributed by atoms with Crippen molar-refractivity contribution < 1.29 is 23.4 Å². The number of carbonyl (C=O) groups excluding carboxylic acids is 1. The van der Waals surface area contributed by atoms with Crippen molar-refractivity contribution in [1.82, 2.24) is 5.43 Å². The number of benzene rings is 2. The molecule has 0 unspecified atom stereocenters. The maximum atomic E-state index is 12.4. The molecule has 0 bridgehead atoms. The van der Waals surface area contributed by atoms with Gasteiger partial charge in [-0.3, -0.25) is 4.79 Å². The molecule has 162 valence electrons. The van der Waals surface area contributed by atoms with E-state index in [0.29, 0.717) is 36.7 Å². The van der Waals surface area contributed by atoms with E-state index in [1.54, 1.807) is 43.7 Å². The molecule has 7 heteroatoms. The summed E-state index contributed by atoms with van der Waals surface area (Å²) in [6, 6.07) is 10.8. The first-order valence-electron chi connectivity index (χ1n) is 10.0. The van der Waals surface area contributed by atoms with E-state index < -0.39 is 5.91 Å². The molecule has 0 aliphatic rings. The number of allylic oxidation sites excluding steroid dienone is 1. The highest BCUT2D eigenvalue weighted by Gasteiger charge is 2.13. The molecular weight excluding hydrogens is 396 g/mol. The van der Waals surface area contributed by atoms with E-state index in [-0.39, 0.29) is 5.76 Å². The van der Waals surface area contributed by atoms with Gasteiger partial charge < -0.3 is 18.6 Å². The van der Waals surface area contributed by atoms with Gasteiger partial charge in [-0.1, -0.05) is 6.08 Å². The summed E-state index contributed by atoms with van der Waals surface area (Å²) in [6.07, 6.45) is 3.94. The van der Waals surface area contributed by atoms with E-state index in [4.69, 9.17) is 18.6 Å². The molecule has 31 heavy (non-hydrogen) atoms. The Morgan fingerprint density at radius 1 is 1.16 bits per heavy atom. The molecule has 0 aliphatic carbocycles. The summed E-state index contributed by atoms with van der Waals surface area (Å²) in [5.74, 6) is 1.71. The monoisotopic (exact) mass is 422 g/mol. The molecular formula is C24H26N2O5. The Morgan fingerprint density at radius 2 is 1.97 bits per heavy atom. The molecule has 7 nitrogen and oxygen atoms in total. The number of hydrogen-bond acceptors (Lipinski definition) is 6. The average Bonchev–Trinajstić information content (AvgIpc) is 3.18. The van der Waals surface area contributed by atoms with Crippen LogP contribution in [0.4, 0.5) is 0 Å². The second-order valence-electron chi connectivity index (χ2n) is 6.58. The summed E-state index contributed by atoms with van der Waals surface area (Å²) in [5, 5.41) is 4.84. The van der Waals surface area contributed by atoms with Gasteiger partial charge in [0.1, 0.15) is 11.3 Å². The SMILES string of the molecule is C=CCc1cc(/C=N/NC(=O)c2cc3cc(OCC)ccc3o2)cc(OCC)c1OC. The van der Waals surface area contributed by atoms with Gasteiger partial charge in [-0.05, 0) is 62.2 Å². The predicted octanol–water partition coefficient (Wildman–Crippen LogP) is 4.73. The number of furan rings is 1. The summed E-state index contributed by atoms with van der Waals surface area (Å²) < 4.78 is 22.2. The summed E-state index contributed by atoms with van der Waals surface area (Å²) in [6.45, 7) is 8.66. The third-order valence-electron chi connectivity index (χ3n) is 4.42. The lowest BCUT2D eigenvalue weighted by atomic mass is 10.1. The fraction of sp³-hybridized carbons (Fsp3) is 0.250. The maximum Gasteiger partial charge on any atom is 0.307 e. The highest BCUT2D eigenvalue weighted by Crippen LogP contribution is 2.33. The number of rotatable bonds is 10. The molecule has 0 saturated carbocycles.